The number of halogens is 1. The quantitative estimate of drug-likeness (QED) is 0.810. The maximum atomic E-state index is 13.6. The number of nitrogens with one attached hydrogen (secondary N) is 1. The number of hydrogen-bond donors (Lipinski definition) is 2. The highest BCUT2D eigenvalue weighted by Crippen LogP contribution is 2.19. The summed E-state index contributed by atoms with van der Waals surface area (Å²) in [6.45, 7) is 2.46. The van der Waals surface area contributed by atoms with Gasteiger partial charge in [0.1, 0.15) is 5.82 Å². The lowest BCUT2D eigenvalue weighted by atomic mass is 10.1. The average Bonchev–Trinajstić information content (AvgIpc) is 2.55. The number of aliphatic hydroxyl groups is 1. The van der Waals surface area contributed by atoms with Crippen molar-refractivity contribution in [1.82, 2.24) is 5.32 Å². The second kappa shape index (κ2) is 6.30. The van der Waals surface area contributed by atoms with Crippen molar-refractivity contribution in [1.29, 1.82) is 0 Å². The molecule has 2 unspecified atom stereocenters. The van der Waals surface area contributed by atoms with E-state index in [1.54, 1.807) is 6.07 Å². The van der Waals surface area contributed by atoms with Crippen molar-refractivity contribution in [2.75, 3.05) is 0 Å². The van der Waals surface area contributed by atoms with Gasteiger partial charge in [-0.15, -0.1) is 0 Å². The highest BCUT2D eigenvalue weighted by atomic mass is 19.1. The van der Waals surface area contributed by atoms with Gasteiger partial charge in [0.05, 0.1) is 6.10 Å². The van der Waals surface area contributed by atoms with E-state index >= 15 is 0 Å². The van der Waals surface area contributed by atoms with Crippen molar-refractivity contribution in [2.45, 2.75) is 57.7 Å². The average molecular weight is 251 g/mol. The highest BCUT2D eigenvalue weighted by molar-refractivity contribution is 5.24. The Balaban J connectivity index is 1.95. The smallest absolute Gasteiger partial charge is 0.127 e. The molecule has 3 heteroatoms. The summed E-state index contributed by atoms with van der Waals surface area (Å²) in [4.78, 5) is 0. The van der Waals surface area contributed by atoms with E-state index in [0.29, 0.717) is 12.1 Å². The van der Waals surface area contributed by atoms with Crippen LogP contribution in [-0.4, -0.2) is 17.3 Å². The van der Waals surface area contributed by atoms with Crippen molar-refractivity contribution in [2.24, 2.45) is 0 Å². The Morgan fingerprint density at radius 3 is 2.89 bits per heavy atom. The van der Waals surface area contributed by atoms with Gasteiger partial charge in [0, 0.05) is 18.2 Å². The lowest BCUT2D eigenvalue weighted by Crippen LogP contribution is -2.38. The van der Waals surface area contributed by atoms with E-state index in [4.69, 9.17) is 0 Å². The SMILES string of the molecule is Cc1ccc(F)c(CNC2CCCCCC2O)c1. The molecule has 2 N–H and O–H groups in total. The van der Waals surface area contributed by atoms with E-state index in [-0.39, 0.29) is 18.0 Å². The van der Waals surface area contributed by atoms with E-state index < -0.39 is 0 Å². The Hall–Kier alpha value is -0.930. The molecule has 2 atom stereocenters. The fourth-order valence-electron chi connectivity index (χ4n) is 2.61. The van der Waals surface area contributed by atoms with Gasteiger partial charge in [-0.05, 0) is 25.8 Å². The van der Waals surface area contributed by atoms with Crippen molar-refractivity contribution >= 4 is 0 Å². The Morgan fingerprint density at radius 1 is 1.28 bits per heavy atom. The first-order valence-corrected chi connectivity index (χ1v) is 6.83. The largest absolute Gasteiger partial charge is 0.392 e. The molecule has 0 spiro atoms. The Bertz CT molecular complexity index is 394. The molecule has 18 heavy (non-hydrogen) atoms. The van der Waals surface area contributed by atoms with Gasteiger partial charge in [-0.1, -0.05) is 37.0 Å². The molecule has 100 valence electrons. The molecule has 1 aliphatic rings. The van der Waals surface area contributed by atoms with Gasteiger partial charge in [-0.25, -0.2) is 4.39 Å². The third-order valence-electron chi connectivity index (χ3n) is 3.74. The van der Waals surface area contributed by atoms with Crippen LogP contribution in [0.3, 0.4) is 0 Å². The number of aryl methyl sites for hydroxylation is 1. The van der Waals surface area contributed by atoms with E-state index in [2.05, 4.69) is 5.32 Å². The third-order valence-corrected chi connectivity index (χ3v) is 3.74. The van der Waals surface area contributed by atoms with Gasteiger partial charge >= 0.3 is 0 Å². The van der Waals surface area contributed by atoms with Gasteiger partial charge in [-0.3, -0.25) is 0 Å². The topological polar surface area (TPSA) is 32.3 Å². The Kier molecular flexibility index (Phi) is 4.72. The standard InChI is InChI=1S/C15H22FNO/c1-11-7-8-13(16)12(9-11)10-17-14-5-3-2-4-6-15(14)18/h7-9,14-15,17-18H,2-6,10H2,1H3. The van der Waals surface area contributed by atoms with Crippen LogP contribution in [0.15, 0.2) is 18.2 Å². The van der Waals surface area contributed by atoms with Crippen LogP contribution < -0.4 is 5.32 Å². The molecule has 0 saturated heterocycles. The van der Waals surface area contributed by atoms with Crippen LogP contribution in [-0.2, 0) is 6.54 Å². The summed E-state index contributed by atoms with van der Waals surface area (Å²) in [6, 6.07) is 5.26. The normalized spacial score (nSPS) is 24.8. The molecule has 0 radical (unpaired) electrons. The molecule has 1 fully saturated rings. The molecule has 2 nitrogen and oxygen atoms in total. The monoisotopic (exact) mass is 251 g/mol. The molecule has 0 aliphatic heterocycles. The molecular formula is C15H22FNO. The van der Waals surface area contributed by atoms with Crippen LogP contribution in [0, 0.1) is 12.7 Å². The predicted octanol–water partition coefficient (Wildman–Crippen LogP) is 2.92. The van der Waals surface area contributed by atoms with Gasteiger partial charge < -0.3 is 10.4 Å². The number of benzene rings is 1. The summed E-state index contributed by atoms with van der Waals surface area (Å²) in [5.41, 5.74) is 1.75. The minimum atomic E-state index is -0.291. The molecule has 1 saturated carbocycles. The molecule has 0 aromatic heterocycles. The lowest BCUT2D eigenvalue weighted by molar-refractivity contribution is 0.119. The molecular weight excluding hydrogens is 229 g/mol. The Morgan fingerprint density at radius 2 is 2.06 bits per heavy atom. The summed E-state index contributed by atoms with van der Waals surface area (Å²) in [6.07, 6.45) is 4.97. The molecule has 0 amide bonds. The lowest BCUT2D eigenvalue weighted by Gasteiger charge is -2.22. The number of rotatable bonds is 3. The van der Waals surface area contributed by atoms with Crippen LogP contribution in [0.5, 0.6) is 0 Å². The zero-order valence-corrected chi connectivity index (χ0v) is 11.0. The highest BCUT2D eigenvalue weighted by Gasteiger charge is 2.21. The maximum Gasteiger partial charge on any atom is 0.127 e. The minimum Gasteiger partial charge on any atom is -0.392 e. The van der Waals surface area contributed by atoms with Crippen LogP contribution in [0.25, 0.3) is 0 Å². The summed E-state index contributed by atoms with van der Waals surface area (Å²) in [7, 11) is 0. The van der Waals surface area contributed by atoms with Crippen molar-refractivity contribution < 1.29 is 9.50 Å². The zero-order valence-electron chi connectivity index (χ0n) is 11.0. The van der Waals surface area contributed by atoms with E-state index in [0.717, 1.165) is 31.2 Å². The van der Waals surface area contributed by atoms with Gasteiger partial charge in [-0.2, -0.15) is 0 Å². The van der Waals surface area contributed by atoms with Gasteiger partial charge in [0.25, 0.3) is 0 Å². The fraction of sp³-hybridized carbons (Fsp3) is 0.600. The second-order valence-corrected chi connectivity index (χ2v) is 5.29. The first-order valence-electron chi connectivity index (χ1n) is 6.83. The summed E-state index contributed by atoms with van der Waals surface area (Å²) in [5, 5.41) is 13.3. The number of hydrogen-bond acceptors (Lipinski definition) is 2. The first kappa shape index (κ1) is 13.5. The molecule has 1 aromatic carbocycles. The Labute approximate surface area is 108 Å². The summed E-state index contributed by atoms with van der Waals surface area (Å²) >= 11 is 0. The van der Waals surface area contributed by atoms with Crippen molar-refractivity contribution in [3.63, 3.8) is 0 Å². The molecule has 1 aromatic rings. The summed E-state index contributed by atoms with van der Waals surface area (Å²) < 4.78 is 13.6. The summed E-state index contributed by atoms with van der Waals surface area (Å²) in [5.74, 6) is -0.170. The predicted molar refractivity (Wildman–Crippen MR) is 70.9 cm³/mol. The minimum absolute atomic E-state index is 0.104. The van der Waals surface area contributed by atoms with Crippen molar-refractivity contribution in [3.05, 3.63) is 35.1 Å². The second-order valence-electron chi connectivity index (χ2n) is 5.29. The van der Waals surface area contributed by atoms with Crippen molar-refractivity contribution in [3.8, 4) is 0 Å². The molecule has 0 bridgehead atoms. The van der Waals surface area contributed by atoms with Crippen LogP contribution >= 0.6 is 0 Å². The van der Waals surface area contributed by atoms with Crippen LogP contribution in [0.4, 0.5) is 4.39 Å². The van der Waals surface area contributed by atoms with E-state index in [1.165, 1.54) is 12.5 Å². The van der Waals surface area contributed by atoms with Gasteiger partial charge in [0.15, 0.2) is 0 Å². The maximum absolute atomic E-state index is 13.6. The zero-order chi connectivity index (χ0) is 13.0. The molecule has 1 aliphatic carbocycles. The van der Waals surface area contributed by atoms with Crippen LogP contribution in [0.1, 0.15) is 43.2 Å². The van der Waals surface area contributed by atoms with E-state index in [9.17, 15) is 9.50 Å². The fourth-order valence-corrected chi connectivity index (χ4v) is 2.61. The first-order chi connectivity index (χ1) is 8.66. The number of aliphatic hydroxyl groups excluding tert-OH is 1. The molecule has 0 heterocycles. The third kappa shape index (κ3) is 3.53. The van der Waals surface area contributed by atoms with E-state index in [1.807, 2.05) is 13.0 Å². The van der Waals surface area contributed by atoms with Crippen LogP contribution in [0.2, 0.25) is 0 Å². The molecule has 2 rings (SSSR count). The van der Waals surface area contributed by atoms with Gasteiger partial charge in [0.2, 0.25) is 0 Å².